The molecule has 1 heterocycles. The zero-order chi connectivity index (χ0) is 14.5. The first-order valence-corrected chi connectivity index (χ1v) is 6.41. The molecule has 106 valence electrons. The van der Waals surface area contributed by atoms with Crippen molar-refractivity contribution in [2.45, 2.75) is 45.8 Å². The molecule has 5 nitrogen and oxygen atoms in total. The minimum Gasteiger partial charge on any atom is -0.444 e. The molecule has 19 heavy (non-hydrogen) atoms. The van der Waals surface area contributed by atoms with E-state index in [1.807, 2.05) is 45.9 Å². The molecule has 0 aliphatic rings. The Morgan fingerprint density at radius 3 is 2.74 bits per heavy atom. The van der Waals surface area contributed by atoms with E-state index >= 15 is 0 Å². The van der Waals surface area contributed by atoms with Crippen molar-refractivity contribution in [2.24, 2.45) is 5.73 Å². The fourth-order valence-electron chi connectivity index (χ4n) is 1.58. The second kappa shape index (κ2) is 6.52. The Kier molecular flexibility index (Phi) is 5.30. The molecule has 5 heteroatoms. The summed E-state index contributed by atoms with van der Waals surface area (Å²) in [5.74, 6) is 0. The van der Waals surface area contributed by atoms with Crippen LogP contribution in [0.15, 0.2) is 18.2 Å². The summed E-state index contributed by atoms with van der Waals surface area (Å²) in [4.78, 5) is 15.8. The lowest BCUT2D eigenvalue weighted by Crippen LogP contribution is -2.41. The van der Waals surface area contributed by atoms with Crippen LogP contribution < -0.4 is 11.1 Å². The van der Waals surface area contributed by atoms with Crippen molar-refractivity contribution in [2.75, 3.05) is 6.54 Å². The van der Waals surface area contributed by atoms with Gasteiger partial charge in [-0.1, -0.05) is 6.07 Å². The molecule has 0 radical (unpaired) electrons. The Bertz CT molecular complexity index is 427. The van der Waals surface area contributed by atoms with Crippen LogP contribution in [0.2, 0.25) is 0 Å². The van der Waals surface area contributed by atoms with Crippen molar-refractivity contribution in [3.63, 3.8) is 0 Å². The van der Waals surface area contributed by atoms with E-state index in [0.29, 0.717) is 13.0 Å². The summed E-state index contributed by atoms with van der Waals surface area (Å²) in [5.41, 5.74) is 7.36. The monoisotopic (exact) mass is 265 g/mol. The Morgan fingerprint density at radius 2 is 2.16 bits per heavy atom. The third-order valence-corrected chi connectivity index (χ3v) is 2.32. The minimum absolute atomic E-state index is 0.179. The maximum atomic E-state index is 11.5. The van der Waals surface area contributed by atoms with Crippen LogP contribution in [-0.2, 0) is 11.2 Å². The van der Waals surface area contributed by atoms with Gasteiger partial charge in [0, 0.05) is 30.4 Å². The predicted octanol–water partition coefficient (Wildman–Crippen LogP) is 1.78. The normalized spacial score (nSPS) is 12.9. The molecule has 0 spiro atoms. The van der Waals surface area contributed by atoms with Gasteiger partial charge in [0.2, 0.25) is 0 Å². The van der Waals surface area contributed by atoms with E-state index in [4.69, 9.17) is 10.5 Å². The van der Waals surface area contributed by atoms with Crippen LogP contribution in [-0.4, -0.2) is 29.3 Å². The second-order valence-corrected chi connectivity index (χ2v) is 5.62. The summed E-state index contributed by atoms with van der Waals surface area (Å²) in [6.45, 7) is 7.77. The highest BCUT2D eigenvalue weighted by atomic mass is 16.6. The third-order valence-electron chi connectivity index (χ3n) is 2.32. The van der Waals surface area contributed by atoms with Gasteiger partial charge in [0.25, 0.3) is 0 Å². The van der Waals surface area contributed by atoms with E-state index in [-0.39, 0.29) is 6.04 Å². The molecule has 1 aromatic rings. The number of hydrogen-bond acceptors (Lipinski definition) is 4. The first-order chi connectivity index (χ1) is 8.76. The number of amides is 1. The SMILES string of the molecule is Cc1cccc(CC(N)CNC(=O)OC(C)(C)C)n1. The number of carbonyl (C=O) groups is 1. The van der Waals surface area contributed by atoms with Crippen LogP contribution >= 0.6 is 0 Å². The van der Waals surface area contributed by atoms with Crippen LogP contribution in [0.1, 0.15) is 32.2 Å². The molecular formula is C14H23N3O2. The zero-order valence-corrected chi connectivity index (χ0v) is 12.1. The quantitative estimate of drug-likeness (QED) is 0.870. The number of hydrogen-bond donors (Lipinski definition) is 2. The predicted molar refractivity (Wildman–Crippen MR) is 74.9 cm³/mol. The molecule has 1 rings (SSSR count). The first kappa shape index (κ1) is 15.4. The molecule has 0 saturated carbocycles. The van der Waals surface area contributed by atoms with E-state index in [9.17, 15) is 4.79 Å². The summed E-state index contributed by atoms with van der Waals surface area (Å²) >= 11 is 0. The van der Waals surface area contributed by atoms with Crippen LogP contribution in [0, 0.1) is 6.92 Å². The summed E-state index contributed by atoms with van der Waals surface area (Å²) in [5, 5.41) is 2.66. The molecule has 1 atom stereocenters. The molecule has 1 unspecified atom stereocenters. The van der Waals surface area contributed by atoms with Crippen LogP contribution in [0.5, 0.6) is 0 Å². The lowest BCUT2D eigenvalue weighted by Gasteiger charge is -2.20. The van der Waals surface area contributed by atoms with E-state index in [1.165, 1.54) is 0 Å². The Hall–Kier alpha value is -1.62. The number of ether oxygens (including phenoxy) is 1. The molecular weight excluding hydrogens is 242 g/mol. The second-order valence-electron chi connectivity index (χ2n) is 5.62. The van der Waals surface area contributed by atoms with Gasteiger partial charge in [-0.25, -0.2) is 4.79 Å². The fourth-order valence-corrected chi connectivity index (χ4v) is 1.58. The number of carbonyl (C=O) groups excluding carboxylic acids is 1. The average Bonchev–Trinajstić information content (AvgIpc) is 2.24. The highest BCUT2D eigenvalue weighted by Gasteiger charge is 2.16. The lowest BCUT2D eigenvalue weighted by atomic mass is 10.1. The van der Waals surface area contributed by atoms with Gasteiger partial charge in [-0.3, -0.25) is 4.98 Å². The number of aryl methyl sites for hydroxylation is 1. The summed E-state index contributed by atoms with van der Waals surface area (Å²) in [6, 6.07) is 5.64. The minimum atomic E-state index is -0.494. The molecule has 0 aliphatic carbocycles. The Labute approximate surface area is 114 Å². The van der Waals surface area contributed by atoms with Crippen molar-refractivity contribution < 1.29 is 9.53 Å². The fraction of sp³-hybridized carbons (Fsp3) is 0.571. The summed E-state index contributed by atoms with van der Waals surface area (Å²) < 4.78 is 5.14. The summed E-state index contributed by atoms with van der Waals surface area (Å²) in [7, 11) is 0. The smallest absolute Gasteiger partial charge is 0.407 e. The van der Waals surface area contributed by atoms with Gasteiger partial charge in [0.15, 0.2) is 0 Å². The van der Waals surface area contributed by atoms with E-state index in [2.05, 4.69) is 10.3 Å². The molecule has 3 N–H and O–H groups in total. The first-order valence-electron chi connectivity index (χ1n) is 6.41. The van der Waals surface area contributed by atoms with Gasteiger partial charge >= 0.3 is 6.09 Å². The number of pyridine rings is 1. The van der Waals surface area contributed by atoms with Gasteiger partial charge in [-0.2, -0.15) is 0 Å². The van der Waals surface area contributed by atoms with E-state index in [1.54, 1.807) is 0 Å². The highest BCUT2D eigenvalue weighted by molar-refractivity contribution is 5.67. The topological polar surface area (TPSA) is 77.2 Å². The standard InChI is InChI=1S/C14H23N3O2/c1-10-6-5-7-12(17-10)8-11(15)9-16-13(18)19-14(2,3)4/h5-7,11H,8-9,15H2,1-4H3,(H,16,18). The molecule has 1 amide bonds. The third kappa shape index (κ3) is 6.76. The van der Waals surface area contributed by atoms with Gasteiger partial charge < -0.3 is 15.8 Å². The molecule has 0 saturated heterocycles. The maximum absolute atomic E-state index is 11.5. The summed E-state index contributed by atoms with van der Waals surface area (Å²) in [6.07, 6.45) is 0.178. The Balaban J connectivity index is 2.36. The van der Waals surface area contributed by atoms with Gasteiger partial charge in [-0.05, 0) is 39.8 Å². The molecule has 0 bridgehead atoms. The molecule has 0 aromatic carbocycles. The zero-order valence-electron chi connectivity index (χ0n) is 12.1. The molecule has 1 aromatic heterocycles. The van der Waals surface area contributed by atoms with E-state index in [0.717, 1.165) is 11.4 Å². The number of rotatable bonds is 4. The number of aromatic nitrogens is 1. The van der Waals surface area contributed by atoms with Crippen molar-refractivity contribution >= 4 is 6.09 Å². The largest absolute Gasteiger partial charge is 0.444 e. The average molecular weight is 265 g/mol. The molecule has 0 aliphatic heterocycles. The lowest BCUT2D eigenvalue weighted by molar-refractivity contribution is 0.0524. The van der Waals surface area contributed by atoms with Gasteiger partial charge in [0.05, 0.1) is 0 Å². The number of nitrogens with two attached hydrogens (primary N) is 1. The van der Waals surface area contributed by atoms with Gasteiger partial charge in [-0.15, -0.1) is 0 Å². The van der Waals surface area contributed by atoms with Crippen LogP contribution in [0.4, 0.5) is 4.79 Å². The highest BCUT2D eigenvalue weighted by Crippen LogP contribution is 2.06. The maximum Gasteiger partial charge on any atom is 0.407 e. The van der Waals surface area contributed by atoms with Crippen molar-refractivity contribution in [1.82, 2.24) is 10.3 Å². The van der Waals surface area contributed by atoms with Crippen molar-refractivity contribution in [3.8, 4) is 0 Å². The van der Waals surface area contributed by atoms with E-state index < -0.39 is 11.7 Å². The van der Waals surface area contributed by atoms with Crippen LogP contribution in [0.3, 0.4) is 0 Å². The van der Waals surface area contributed by atoms with Crippen LogP contribution in [0.25, 0.3) is 0 Å². The van der Waals surface area contributed by atoms with Gasteiger partial charge in [0.1, 0.15) is 5.60 Å². The molecule has 0 fully saturated rings. The number of alkyl carbamates (subject to hydrolysis) is 1. The van der Waals surface area contributed by atoms with Crippen molar-refractivity contribution in [1.29, 1.82) is 0 Å². The number of nitrogens with one attached hydrogen (secondary N) is 1. The van der Waals surface area contributed by atoms with Crippen molar-refractivity contribution in [3.05, 3.63) is 29.6 Å². The Morgan fingerprint density at radius 1 is 1.47 bits per heavy atom. The number of nitrogens with zero attached hydrogens (tertiary/aromatic N) is 1.